The highest BCUT2D eigenvalue weighted by Gasteiger charge is 2.31. The number of benzene rings is 3. The van der Waals surface area contributed by atoms with Crippen LogP contribution in [-0.2, 0) is 17.6 Å². The monoisotopic (exact) mass is 306 g/mol. The highest BCUT2D eigenvalue weighted by atomic mass is 32.2. The molecule has 0 amide bonds. The van der Waals surface area contributed by atoms with E-state index in [1.165, 1.54) is 15.4 Å². The molecule has 0 aliphatic heterocycles. The van der Waals surface area contributed by atoms with Crippen molar-refractivity contribution in [3.8, 4) is 0 Å². The minimum Gasteiger partial charge on any atom is -0.115 e. The van der Waals surface area contributed by atoms with Crippen molar-refractivity contribution in [2.45, 2.75) is 16.3 Å². The highest BCUT2D eigenvalue weighted by molar-refractivity contribution is 7.94. The summed E-state index contributed by atoms with van der Waals surface area (Å²) in [7, 11) is 2.20. The van der Waals surface area contributed by atoms with Crippen LogP contribution in [0, 0.1) is 0 Å². The number of nitrogens with zero attached hydrogens (tertiary/aromatic N) is 1. The van der Waals surface area contributed by atoms with Crippen LogP contribution in [0.3, 0.4) is 0 Å². The largest absolute Gasteiger partial charge is 0.182 e. The molecule has 22 heavy (non-hydrogen) atoms. The number of rotatable bonds is 5. The standard InChI is InChI=1S/C20H20NS/c1-21(17-18-11-5-2-6-12-18)22(19-13-7-3-8-14-19)20-15-9-4-10-16-20/h2-16H,17H2,1H3/q+1. The fraction of sp³-hybridized carbons (Fsp3) is 0.100. The lowest BCUT2D eigenvalue weighted by atomic mass is 10.2. The van der Waals surface area contributed by atoms with Gasteiger partial charge in [0, 0.05) is 7.05 Å². The summed E-state index contributed by atoms with van der Waals surface area (Å²) in [5.74, 6) is 0. The van der Waals surface area contributed by atoms with E-state index in [-0.39, 0.29) is 11.1 Å². The van der Waals surface area contributed by atoms with Crippen molar-refractivity contribution in [2.24, 2.45) is 0 Å². The van der Waals surface area contributed by atoms with E-state index in [0.29, 0.717) is 0 Å². The fourth-order valence-electron chi connectivity index (χ4n) is 2.50. The Morgan fingerprint density at radius 1 is 0.636 bits per heavy atom. The molecule has 3 aromatic carbocycles. The lowest BCUT2D eigenvalue weighted by Crippen LogP contribution is -2.27. The predicted molar refractivity (Wildman–Crippen MR) is 94.7 cm³/mol. The van der Waals surface area contributed by atoms with Crippen LogP contribution in [0.1, 0.15) is 5.56 Å². The van der Waals surface area contributed by atoms with Crippen LogP contribution in [0.2, 0.25) is 0 Å². The lowest BCUT2D eigenvalue weighted by molar-refractivity contribution is 0.551. The Kier molecular flexibility index (Phi) is 4.94. The third-order valence-corrected chi connectivity index (χ3v) is 5.68. The number of hydrogen-bond acceptors (Lipinski definition) is 1. The molecular weight excluding hydrogens is 286 g/mol. The van der Waals surface area contributed by atoms with Crippen molar-refractivity contribution in [2.75, 3.05) is 7.05 Å². The van der Waals surface area contributed by atoms with E-state index in [2.05, 4.69) is 102 Å². The van der Waals surface area contributed by atoms with E-state index in [4.69, 9.17) is 0 Å². The molecule has 0 atom stereocenters. The molecule has 3 rings (SSSR count). The first-order chi connectivity index (χ1) is 10.8. The molecule has 0 N–H and O–H groups in total. The molecule has 0 saturated heterocycles. The molecule has 0 radical (unpaired) electrons. The van der Waals surface area contributed by atoms with E-state index < -0.39 is 0 Å². The van der Waals surface area contributed by atoms with Gasteiger partial charge in [0.15, 0.2) is 20.9 Å². The summed E-state index contributed by atoms with van der Waals surface area (Å²) >= 11 is -0.0632. The normalized spacial score (nSPS) is 11.0. The van der Waals surface area contributed by atoms with Gasteiger partial charge in [-0.3, -0.25) is 0 Å². The summed E-state index contributed by atoms with van der Waals surface area (Å²) in [4.78, 5) is 2.71. The van der Waals surface area contributed by atoms with Crippen molar-refractivity contribution >= 4 is 11.1 Å². The van der Waals surface area contributed by atoms with E-state index >= 15 is 0 Å². The van der Waals surface area contributed by atoms with Crippen molar-refractivity contribution in [3.63, 3.8) is 0 Å². The molecule has 2 heteroatoms. The van der Waals surface area contributed by atoms with Crippen LogP contribution in [0.4, 0.5) is 0 Å². The zero-order chi connectivity index (χ0) is 15.2. The minimum atomic E-state index is -0.0632. The van der Waals surface area contributed by atoms with Gasteiger partial charge in [-0.2, -0.15) is 0 Å². The average molecular weight is 306 g/mol. The zero-order valence-corrected chi connectivity index (χ0v) is 13.5. The third kappa shape index (κ3) is 3.59. The Morgan fingerprint density at radius 3 is 1.50 bits per heavy atom. The SMILES string of the molecule is CN(Cc1ccccc1)[S+](c1ccccc1)c1ccccc1. The first kappa shape index (κ1) is 14.9. The second-order valence-electron chi connectivity index (χ2n) is 5.18. The van der Waals surface area contributed by atoms with Crippen molar-refractivity contribution in [3.05, 3.63) is 96.6 Å². The van der Waals surface area contributed by atoms with E-state index in [9.17, 15) is 0 Å². The summed E-state index contributed by atoms with van der Waals surface area (Å²) in [5.41, 5.74) is 1.34. The zero-order valence-electron chi connectivity index (χ0n) is 12.7. The molecule has 0 aromatic heterocycles. The Bertz CT molecular complexity index is 643. The highest BCUT2D eigenvalue weighted by Crippen LogP contribution is 2.27. The second kappa shape index (κ2) is 7.30. The summed E-state index contributed by atoms with van der Waals surface area (Å²) in [5, 5.41) is 0. The van der Waals surface area contributed by atoms with Gasteiger partial charge in [-0.1, -0.05) is 66.7 Å². The van der Waals surface area contributed by atoms with Crippen LogP contribution in [0.5, 0.6) is 0 Å². The summed E-state index contributed by atoms with van der Waals surface area (Å²) in [6.07, 6.45) is 0. The Hall–Kier alpha value is -2.03. The van der Waals surface area contributed by atoms with E-state index in [0.717, 1.165) is 6.54 Å². The fourth-order valence-corrected chi connectivity index (χ4v) is 4.60. The van der Waals surface area contributed by atoms with E-state index in [1.54, 1.807) is 0 Å². The summed E-state index contributed by atoms with van der Waals surface area (Å²) in [6.45, 7) is 0.938. The molecule has 1 nitrogen and oxygen atoms in total. The van der Waals surface area contributed by atoms with E-state index in [1.807, 2.05) is 0 Å². The maximum Gasteiger partial charge on any atom is 0.182 e. The maximum absolute atomic E-state index is 2.43. The van der Waals surface area contributed by atoms with Gasteiger partial charge in [-0.15, -0.1) is 4.31 Å². The van der Waals surface area contributed by atoms with Crippen LogP contribution in [0.15, 0.2) is 101 Å². The predicted octanol–water partition coefficient (Wildman–Crippen LogP) is 4.77. The molecule has 3 aromatic rings. The molecule has 0 bridgehead atoms. The van der Waals surface area contributed by atoms with Crippen molar-refractivity contribution < 1.29 is 0 Å². The molecule has 0 aliphatic carbocycles. The van der Waals surface area contributed by atoms with Gasteiger partial charge >= 0.3 is 0 Å². The van der Waals surface area contributed by atoms with Gasteiger partial charge in [-0.25, -0.2) is 0 Å². The van der Waals surface area contributed by atoms with Crippen LogP contribution < -0.4 is 0 Å². The molecule has 110 valence electrons. The van der Waals surface area contributed by atoms with Gasteiger partial charge in [0.05, 0.1) is 6.54 Å². The Morgan fingerprint density at radius 2 is 1.05 bits per heavy atom. The van der Waals surface area contributed by atoms with Crippen molar-refractivity contribution in [1.29, 1.82) is 0 Å². The first-order valence-electron chi connectivity index (χ1n) is 7.44. The molecule has 0 fully saturated rings. The van der Waals surface area contributed by atoms with Gasteiger partial charge in [0.1, 0.15) is 0 Å². The summed E-state index contributed by atoms with van der Waals surface area (Å²) in [6, 6.07) is 32.2. The van der Waals surface area contributed by atoms with Gasteiger partial charge in [0.25, 0.3) is 0 Å². The molecule has 0 unspecified atom stereocenters. The first-order valence-corrected chi connectivity index (χ1v) is 8.62. The van der Waals surface area contributed by atoms with Gasteiger partial charge < -0.3 is 0 Å². The van der Waals surface area contributed by atoms with Crippen LogP contribution in [-0.4, -0.2) is 11.4 Å². The summed E-state index contributed by atoms with van der Waals surface area (Å²) < 4.78 is 2.43. The molecule has 0 spiro atoms. The van der Waals surface area contributed by atoms with Gasteiger partial charge in [0.2, 0.25) is 0 Å². The Labute approximate surface area is 135 Å². The van der Waals surface area contributed by atoms with Crippen LogP contribution in [0.25, 0.3) is 0 Å². The molecule has 0 saturated carbocycles. The van der Waals surface area contributed by atoms with Gasteiger partial charge in [-0.05, 0) is 29.8 Å². The minimum absolute atomic E-state index is 0.0632. The number of hydrogen-bond donors (Lipinski definition) is 0. The smallest absolute Gasteiger partial charge is 0.115 e. The maximum atomic E-state index is 2.43. The molecule has 0 heterocycles. The van der Waals surface area contributed by atoms with Crippen LogP contribution >= 0.6 is 0 Å². The lowest BCUT2D eigenvalue weighted by Gasteiger charge is -2.17. The third-order valence-electron chi connectivity index (χ3n) is 3.49. The second-order valence-corrected chi connectivity index (χ2v) is 7.32. The topological polar surface area (TPSA) is 3.24 Å². The van der Waals surface area contributed by atoms with Crippen molar-refractivity contribution in [1.82, 2.24) is 4.31 Å². The molecular formula is C20H20NS+. The average Bonchev–Trinajstić information content (AvgIpc) is 2.58. The quantitative estimate of drug-likeness (QED) is 0.614. The molecule has 0 aliphatic rings. The Balaban J connectivity index is 1.92.